The number of nitrogens with zero attached hydrogens (tertiary/aromatic N) is 12. The summed E-state index contributed by atoms with van der Waals surface area (Å²) in [5.74, 6) is -1.93. The Morgan fingerprint density at radius 1 is 0.649 bits per heavy atom. The van der Waals surface area contributed by atoms with Gasteiger partial charge >= 0.3 is 0 Å². The van der Waals surface area contributed by atoms with Crippen molar-refractivity contribution in [1.82, 2.24) is 58.6 Å². The monoisotopic (exact) mass is 1000 g/mol. The SMILES string of the molecule is CCC(c1nc2cc(F)c(F)cc2c(=O)n1C1CC1)n1nc(-c2ccc(OC)c(F)c2)c2c(N)ncnc21.CCc1ccc(-c2nn(C(C)c3nc4cccc(F)c4c(=O)n3C3CCC3)c3ncnc(N)c23)cc1. The molecule has 0 aliphatic heterocycles. The van der Waals surface area contributed by atoms with E-state index in [9.17, 15) is 27.2 Å². The van der Waals surface area contributed by atoms with Gasteiger partial charge in [0, 0.05) is 29.3 Å². The number of anilines is 2. The van der Waals surface area contributed by atoms with Crippen LogP contribution in [-0.2, 0) is 6.42 Å². The molecule has 4 aromatic carbocycles. The molecular formula is C53H48F4N14O3. The van der Waals surface area contributed by atoms with Crippen LogP contribution in [0.25, 0.3) is 66.4 Å². The molecule has 0 amide bonds. The third kappa shape index (κ3) is 8.02. The third-order valence-corrected chi connectivity index (χ3v) is 14.0. The molecule has 2 unspecified atom stereocenters. The first-order valence-corrected chi connectivity index (χ1v) is 24.3. The quantitative estimate of drug-likeness (QED) is 0.116. The van der Waals surface area contributed by atoms with Crippen molar-refractivity contribution in [2.75, 3.05) is 18.6 Å². The first kappa shape index (κ1) is 47.7. The molecule has 0 bridgehead atoms. The van der Waals surface area contributed by atoms with Crippen LogP contribution >= 0.6 is 0 Å². The summed E-state index contributed by atoms with van der Waals surface area (Å²) in [6.07, 6.45) is 8.30. The van der Waals surface area contributed by atoms with Crippen molar-refractivity contribution < 1.29 is 22.3 Å². The highest BCUT2D eigenvalue weighted by atomic mass is 19.2. The van der Waals surface area contributed by atoms with Crippen molar-refractivity contribution >= 4 is 55.5 Å². The number of fused-ring (bicyclic) bond motifs is 4. The second-order valence-corrected chi connectivity index (χ2v) is 18.5. The average molecular weight is 1010 g/mol. The maximum atomic E-state index is 14.7. The molecule has 376 valence electrons. The van der Waals surface area contributed by atoms with E-state index in [1.165, 1.54) is 43.5 Å². The molecule has 2 aliphatic carbocycles. The van der Waals surface area contributed by atoms with E-state index in [4.69, 9.17) is 31.4 Å². The number of rotatable bonds is 11. The zero-order valence-corrected chi connectivity index (χ0v) is 40.6. The third-order valence-electron chi connectivity index (χ3n) is 14.0. The van der Waals surface area contributed by atoms with Gasteiger partial charge in [0.25, 0.3) is 11.1 Å². The standard InChI is InChI=1S/C27H26FN7O.C26H22F3N7O2/c1-3-16-10-12-17(13-11-16)23-22-24(29)30-14-31-26(22)35(33-23)15(2)25-32-20-9-5-8-19(28)21(20)27(36)34(25)18-6-4-7-18;1-3-19(24-33-18-10-16(28)15(27)9-14(18)26(37)35(24)13-5-6-13)36-25-21(23(30)31-11-32-25)22(34-36)12-4-7-20(38-2)17(29)8-12/h5,8-15,18H,3-4,6-7H2,1-2H3,(H2,29,30,31);4,7-11,13,19H,3,5-6H2,1-2H3,(H2,30,31,32). The molecule has 6 aromatic heterocycles. The largest absolute Gasteiger partial charge is 0.494 e. The van der Waals surface area contributed by atoms with Gasteiger partial charge in [0.2, 0.25) is 0 Å². The summed E-state index contributed by atoms with van der Waals surface area (Å²) in [4.78, 5) is 53.7. The normalized spacial score (nSPS) is 14.6. The number of aryl methyl sites for hydroxylation is 1. The molecule has 2 fully saturated rings. The summed E-state index contributed by atoms with van der Waals surface area (Å²) >= 11 is 0. The van der Waals surface area contributed by atoms with Gasteiger partial charge in [0.05, 0.1) is 34.3 Å². The number of halogens is 4. The summed E-state index contributed by atoms with van der Waals surface area (Å²) < 4.78 is 68.9. The number of benzene rings is 4. The molecule has 10 aromatic rings. The highest BCUT2D eigenvalue weighted by Crippen LogP contribution is 2.41. The Morgan fingerprint density at radius 3 is 1.88 bits per heavy atom. The summed E-state index contributed by atoms with van der Waals surface area (Å²) in [6, 6.07) is 17.7. The van der Waals surface area contributed by atoms with Gasteiger partial charge in [-0.05, 0) is 93.8 Å². The van der Waals surface area contributed by atoms with E-state index in [2.05, 4.69) is 44.0 Å². The van der Waals surface area contributed by atoms with E-state index in [1.807, 2.05) is 26.0 Å². The molecule has 4 N–H and O–H groups in total. The molecule has 74 heavy (non-hydrogen) atoms. The Morgan fingerprint density at radius 2 is 1.26 bits per heavy atom. The van der Waals surface area contributed by atoms with E-state index >= 15 is 0 Å². The average Bonchev–Trinajstić information content (AvgIpc) is 4.03. The van der Waals surface area contributed by atoms with Crippen LogP contribution in [-0.4, -0.2) is 65.7 Å². The first-order valence-electron chi connectivity index (χ1n) is 24.3. The molecule has 2 saturated carbocycles. The van der Waals surface area contributed by atoms with Crippen molar-refractivity contribution in [3.63, 3.8) is 0 Å². The summed E-state index contributed by atoms with van der Waals surface area (Å²) in [5.41, 5.74) is 16.6. The van der Waals surface area contributed by atoms with Crippen molar-refractivity contribution in [3.05, 3.63) is 147 Å². The number of methoxy groups -OCH3 is 1. The van der Waals surface area contributed by atoms with Crippen LogP contribution in [0.5, 0.6) is 5.75 Å². The Labute approximate surface area is 418 Å². The van der Waals surface area contributed by atoms with E-state index in [1.54, 1.807) is 36.7 Å². The topological polar surface area (TPSA) is 218 Å². The number of aromatic nitrogens is 12. The van der Waals surface area contributed by atoms with Crippen LogP contribution in [0.4, 0.5) is 29.2 Å². The fourth-order valence-corrected chi connectivity index (χ4v) is 9.81. The Bertz CT molecular complexity index is 3980. The van der Waals surface area contributed by atoms with Gasteiger partial charge in [-0.2, -0.15) is 10.2 Å². The molecule has 6 heterocycles. The molecule has 2 atom stereocenters. The van der Waals surface area contributed by atoms with Gasteiger partial charge in [-0.15, -0.1) is 0 Å². The van der Waals surface area contributed by atoms with Gasteiger partial charge in [0.15, 0.2) is 34.5 Å². The lowest BCUT2D eigenvalue weighted by Gasteiger charge is -2.31. The van der Waals surface area contributed by atoms with Crippen molar-refractivity contribution in [2.24, 2.45) is 0 Å². The Kier molecular flexibility index (Phi) is 12.1. The van der Waals surface area contributed by atoms with Crippen LogP contribution < -0.4 is 27.3 Å². The minimum atomic E-state index is -1.11. The lowest BCUT2D eigenvalue weighted by atomic mass is 9.92. The molecule has 2 aliphatic rings. The Hall–Kier alpha value is -8.62. The molecule has 0 spiro atoms. The smallest absolute Gasteiger partial charge is 0.264 e. The number of nitrogens with two attached hydrogens (primary N) is 2. The van der Waals surface area contributed by atoms with Crippen molar-refractivity contribution in [1.29, 1.82) is 0 Å². The number of ether oxygens (including phenoxy) is 1. The number of hydrogen-bond acceptors (Lipinski definition) is 13. The van der Waals surface area contributed by atoms with E-state index in [-0.39, 0.29) is 45.5 Å². The Balaban J connectivity index is 0.000000159. The number of nitrogen functional groups attached to an aromatic ring is 2. The number of hydrogen-bond donors (Lipinski definition) is 2. The first-order chi connectivity index (χ1) is 35.8. The van der Waals surface area contributed by atoms with Gasteiger partial charge < -0.3 is 16.2 Å². The zero-order chi connectivity index (χ0) is 51.7. The van der Waals surface area contributed by atoms with Crippen LogP contribution in [0.1, 0.15) is 101 Å². The highest BCUT2D eigenvalue weighted by molar-refractivity contribution is 5.99. The zero-order valence-electron chi connectivity index (χ0n) is 40.6. The van der Waals surface area contributed by atoms with Gasteiger partial charge in [-0.3, -0.25) is 18.7 Å². The molecule has 21 heteroatoms. The molecule has 0 saturated heterocycles. The fourth-order valence-electron chi connectivity index (χ4n) is 9.81. The highest BCUT2D eigenvalue weighted by Gasteiger charge is 2.34. The molecule has 17 nitrogen and oxygen atoms in total. The molecule has 12 rings (SSSR count). The van der Waals surface area contributed by atoms with Crippen LogP contribution in [0.3, 0.4) is 0 Å². The van der Waals surface area contributed by atoms with Crippen molar-refractivity contribution in [2.45, 2.75) is 89.9 Å². The molecule has 0 radical (unpaired) electrons. The summed E-state index contributed by atoms with van der Waals surface area (Å²) in [6.45, 7) is 5.92. The minimum absolute atomic E-state index is 0.000642. The van der Waals surface area contributed by atoms with Gasteiger partial charge in [-0.25, -0.2) is 56.8 Å². The predicted molar refractivity (Wildman–Crippen MR) is 272 cm³/mol. The van der Waals surface area contributed by atoms with Crippen LogP contribution in [0.15, 0.2) is 95.0 Å². The predicted octanol–water partition coefficient (Wildman–Crippen LogP) is 9.37. The summed E-state index contributed by atoms with van der Waals surface area (Å²) in [7, 11) is 1.37. The van der Waals surface area contributed by atoms with E-state index in [0.29, 0.717) is 68.4 Å². The second-order valence-electron chi connectivity index (χ2n) is 18.5. The lowest BCUT2D eigenvalue weighted by molar-refractivity contribution is 0.288. The minimum Gasteiger partial charge on any atom is -0.494 e. The maximum Gasteiger partial charge on any atom is 0.264 e. The van der Waals surface area contributed by atoms with Crippen molar-refractivity contribution in [3.8, 4) is 28.3 Å². The maximum absolute atomic E-state index is 14.7. The summed E-state index contributed by atoms with van der Waals surface area (Å²) in [5, 5.41) is 10.8. The van der Waals surface area contributed by atoms with Gasteiger partial charge in [-0.1, -0.05) is 44.2 Å². The lowest BCUT2D eigenvalue weighted by Crippen LogP contribution is -2.35. The van der Waals surface area contributed by atoms with E-state index < -0.39 is 40.9 Å². The van der Waals surface area contributed by atoms with E-state index in [0.717, 1.165) is 56.2 Å². The van der Waals surface area contributed by atoms with Gasteiger partial charge in [0.1, 0.15) is 70.6 Å². The van der Waals surface area contributed by atoms with Crippen LogP contribution in [0.2, 0.25) is 0 Å². The second kappa shape index (κ2) is 18.8. The molecular weight excluding hydrogens is 957 g/mol. The fraction of sp³-hybridized carbons (Fsp3) is 0.283. The van der Waals surface area contributed by atoms with Crippen LogP contribution in [0, 0.1) is 23.3 Å².